The summed E-state index contributed by atoms with van der Waals surface area (Å²) in [6.07, 6.45) is 14.4. The lowest BCUT2D eigenvalue weighted by molar-refractivity contribution is -0.133. The highest BCUT2D eigenvalue weighted by Crippen LogP contribution is 2.61. The number of para-hydroxylation sites is 1. The summed E-state index contributed by atoms with van der Waals surface area (Å²) in [7, 11) is 0. The van der Waals surface area contributed by atoms with E-state index in [1.807, 2.05) is 0 Å². The molecule has 7 aliphatic rings. The number of hydrogen-bond donors (Lipinski definition) is 1. The quantitative estimate of drug-likeness (QED) is 0.325. The molecule has 1 aromatic heterocycles. The van der Waals surface area contributed by atoms with Crippen LogP contribution in [0.2, 0.25) is 0 Å². The van der Waals surface area contributed by atoms with Crippen LogP contribution in [0.25, 0.3) is 10.9 Å². The number of piperidine rings is 2. The van der Waals surface area contributed by atoms with Crippen molar-refractivity contribution < 1.29 is 9.59 Å². The minimum Gasteiger partial charge on any atom is -0.381 e. The molecule has 7 heterocycles. The van der Waals surface area contributed by atoms with E-state index in [0.717, 1.165) is 88.8 Å². The van der Waals surface area contributed by atoms with E-state index in [1.54, 1.807) is 0 Å². The van der Waals surface area contributed by atoms with Crippen molar-refractivity contribution in [3.8, 4) is 0 Å². The van der Waals surface area contributed by atoms with Gasteiger partial charge in [0.25, 0.3) is 0 Å². The molecule has 2 aromatic rings. The maximum Gasteiger partial charge on any atom is 0.249 e. The van der Waals surface area contributed by atoms with Crippen molar-refractivity contribution in [3.05, 3.63) is 69.7 Å². The van der Waals surface area contributed by atoms with Gasteiger partial charge in [0, 0.05) is 65.0 Å². The lowest BCUT2D eigenvalue weighted by Gasteiger charge is -2.57. The fraction of sp³-hybridized carbons (Fsp3) is 0.579. The molecule has 1 N–H and O–H groups in total. The van der Waals surface area contributed by atoms with Gasteiger partial charge in [-0.3, -0.25) is 14.5 Å². The van der Waals surface area contributed by atoms with Gasteiger partial charge in [0.05, 0.1) is 17.8 Å². The Morgan fingerprint density at radius 3 is 2.61 bits per heavy atom. The zero-order chi connectivity index (χ0) is 29.8. The first-order chi connectivity index (χ1) is 21.5. The number of fused-ring (bicyclic) bond motifs is 4. The number of nitrogens with one attached hydrogen (secondary N) is 1. The second-order valence-corrected chi connectivity index (χ2v) is 14.9. The van der Waals surface area contributed by atoms with Gasteiger partial charge in [-0.25, -0.2) is 0 Å². The molecule has 0 spiro atoms. The molecule has 0 amide bonds. The van der Waals surface area contributed by atoms with Crippen LogP contribution in [0.1, 0.15) is 101 Å². The Balaban J connectivity index is 1.29. The number of carbonyl (C=O) groups is 2. The van der Waals surface area contributed by atoms with Gasteiger partial charge in [-0.15, -0.1) is 0 Å². The van der Waals surface area contributed by atoms with Gasteiger partial charge < -0.3 is 14.8 Å². The first kappa shape index (κ1) is 27.2. The minimum absolute atomic E-state index is 0.116. The predicted molar refractivity (Wildman–Crippen MR) is 173 cm³/mol. The monoisotopic (exact) mass is 590 g/mol. The van der Waals surface area contributed by atoms with Crippen LogP contribution in [0.4, 0.5) is 0 Å². The Hall–Kier alpha value is -3.12. The third-order valence-electron chi connectivity index (χ3n) is 13.2. The highest BCUT2D eigenvalue weighted by atomic mass is 16.2. The number of carbonyl (C=O) groups excluding carboxylic acids is 2. The molecule has 9 rings (SSSR count). The largest absolute Gasteiger partial charge is 0.381 e. The fourth-order valence-corrected chi connectivity index (χ4v) is 11.2. The molecule has 4 atom stereocenters. The lowest BCUT2D eigenvalue weighted by atomic mass is 9.62. The van der Waals surface area contributed by atoms with E-state index in [2.05, 4.69) is 63.9 Å². The van der Waals surface area contributed by atoms with Crippen LogP contribution in [0.3, 0.4) is 0 Å². The van der Waals surface area contributed by atoms with E-state index in [1.165, 1.54) is 59.1 Å². The topological polar surface area (TPSA) is 57.6 Å². The Morgan fingerprint density at radius 2 is 1.75 bits per heavy atom. The van der Waals surface area contributed by atoms with Gasteiger partial charge in [-0.1, -0.05) is 32.0 Å². The number of allylic oxidation sites excluding steroid dienone is 5. The molecule has 2 fully saturated rings. The second kappa shape index (κ2) is 9.69. The molecular formula is C38H46N4O2. The second-order valence-electron chi connectivity index (χ2n) is 14.9. The van der Waals surface area contributed by atoms with Crippen LogP contribution < -0.4 is 5.32 Å². The first-order valence-electron chi connectivity index (χ1n) is 17.6. The maximum absolute atomic E-state index is 14.4. The van der Waals surface area contributed by atoms with Crippen LogP contribution >= 0.6 is 0 Å². The van der Waals surface area contributed by atoms with Crippen molar-refractivity contribution >= 4 is 22.5 Å². The van der Waals surface area contributed by atoms with Crippen LogP contribution in [0, 0.1) is 10.8 Å². The van der Waals surface area contributed by atoms with Crippen LogP contribution in [0.15, 0.2) is 58.5 Å². The van der Waals surface area contributed by atoms with Gasteiger partial charge in [-0.2, -0.15) is 0 Å². The van der Waals surface area contributed by atoms with Gasteiger partial charge in [0.15, 0.2) is 0 Å². The zero-order valence-electron chi connectivity index (χ0n) is 26.5. The number of rotatable bonds is 3. The average Bonchev–Trinajstić information content (AvgIpc) is 3.66. The van der Waals surface area contributed by atoms with Gasteiger partial charge in [0.2, 0.25) is 11.6 Å². The Bertz CT molecular complexity index is 1710. The normalized spacial score (nSPS) is 33.3. The first-order valence-corrected chi connectivity index (χ1v) is 17.6. The molecule has 44 heavy (non-hydrogen) atoms. The maximum atomic E-state index is 14.4. The molecule has 0 bridgehead atoms. The van der Waals surface area contributed by atoms with E-state index >= 15 is 0 Å². The number of aromatic nitrogens is 1. The molecule has 230 valence electrons. The number of ketones is 2. The van der Waals surface area contributed by atoms with E-state index in [9.17, 15) is 9.59 Å². The summed E-state index contributed by atoms with van der Waals surface area (Å²) >= 11 is 0. The van der Waals surface area contributed by atoms with Crippen molar-refractivity contribution in [2.24, 2.45) is 10.8 Å². The molecule has 6 aliphatic heterocycles. The summed E-state index contributed by atoms with van der Waals surface area (Å²) < 4.78 is 2.54. The van der Waals surface area contributed by atoms with Crippen LogP contribution in [-0.4, -0.2) is 58.7 Å². The van der Waals surface area contributed by atoms with Crippen molar-refractivity contribution in [3.63, 3.8) is 0 Å². The highest BCUT2D eigenvalue weighted by molar-refractivity contribution is 6.50. The molecule has 6 heteroatoms. The van der Waals surface area contributed by atoms with Crippen molar-refractivity contribution in [2.45, 2.75) is 96.6 Å². The molecule has 1 aliphatic carbocycles. The van der Waals surface area contributed by atoms with E-state index in [0.29, 0.717) is 11.7 Å². The van der Waals surface area contributed by atoms with E-state index < -0.39 is 0 Å². The van der Waals surface area contributed by atoms with E-state index in [-0.39, 0.29) is 28.4 Å². The molecule has 1 aromatic carbocycles. The van der Waals surface area contributed by atoms with Crippen molar-refractivity contribution in [1.29, 1.82) is 0 Å². The summed E-state index contributed by atoms with van der Waals surface area (Å²) in [6, 6.07) is 9.13. The number of Topliss-reactive ketones (excluding diaryl/α,β-unsaturated/α-hetero) is 2. The SMILES string of the molecule is CCC12CCCNC3=C(C=C(C4CC5(CC)CCCN6CCc7c(n4c4ccccc74)C65)C(=O)C3=O)C3=C1N(CCC2)CC3. The Labute approximate surface area is 261 Å². The molecule has 6 nitrogen and oxygen atoms in total. The molecule has 2 saturated heterocycles. The van der Waals surface area contributed by atoms with Crippen LogP contribution in [0.5, 0.6) is 0 Å². The number of hydrogen-bond acceptors (Lipinski definition) is 5. The summed E-state index contributed by atoms with van der Waals surface area (Å²) in [5.41, 5.74) is 9.64. The van der Waals surface area contributed by atoms with Gasteiger partial charge in [0.1, 0.15) is 0 Å². The summed E-state index contributed by atoms with van der Waals surface area (Å²) in [6.45, 7) is 9.90. The lowest BCUT2D eigenvalue weighted by Crippen LogP contribution is -2.53. The standard InChI is InChI=1S/C38H46N4O2/c1-3-37-14-7-17-39-31-27(26-13-21-40(35(26)37)18-8-15-37)22-28(33(43)34(31)44)30-23-38(4-2)16-9-19-41-20-12-25-24-10-5-6-11-29(24)42(30)32(25)36(38)41/h5-6,10-11,22,30,36,39H,3-4,7-9,12-21,23H2,1-2H3. The van der Waals surface area contributed by atoms with Crippen LogP contribution in [-0.2, 0) is 16.0 Å². The molecule has 4 unspecified atom stereocenters. The molecule has 0 saturated carbocycles. The van der Waals surface area contributed by atoms with E-state index in [4.69, 9.17) is 0 Å². The fourth-order valence-electron chi connectivity index (χ4n) is 11.2. The third kappa shape index (κ3) is 3.47. The molecule has 0 radical (unpaired) electrons. The Kier molecular flexibility index (Phi) is 5.99. The zero-order valence-corrected chi connectivity index (χ0v) is 26.5. The molecular weight excluding hydrogens is 544 g/mol. The summed E-state index contributed by atoms with van der Waals surface area (Å²) in [4.78, 5) is 34.1. The average molecular weight is 591 g/mol. The minimum atomic E-state index is -0.313. The van der Waals surface area contributed by atoms with Crippen molar-refractivity contribution in [1.82, 2.24) is 19.7 Å². The highest BCUT2D eigenvalue weighted by Gasteiger charge is 2.55. The third-order valence-corrected chi connectivity index (χ3v) is 13.2. The smallest absolute Gasteiger partial charge is 0.249 e. The Morgan fingerprint density at radius 1 is 0.909 bits per heavy atom. The summed E-state index contributed by atoms with van der Waals surface area (Å²) in [5.74, 6) is -0.599. The van der Waals surface area contributed by atoms with Gasteiger partial charge in [-0.05, 0) is 106 Å². The van der Waals surface area contributed by atoms with Crippen molar-refractivity contribution in [2.75, 3.05) is 32.7 Å². The number of benzene rings is 1. The van der Waals surface area contributed by atoms with Gasteiger partial charge >= 0.3 is 0 Å². The predicted octanol–water partition coefficient (Wildman–Crippen LogP) is 6.54. The number of nitrogens with zero attached hydrogens (tertiary/aromatic N) is 3. The summed E-state index contributed by atoms with van der Waals surface area (Å²) in [5, 5.41) is 4.87.